The Bertz CT molecular complexity index is 929. The van der Waals surface area contributed by atoms with E-state index in [9.17, 15) is 4.79 Å². The molecule has 0 radical (unpaired) electrons. The van der Waals surface area contributed by atoms with Crippen LogP contribution in [-0.2, 0) is 22.5 Å². The number of esters is 1. The van der Waals surface area contributed by atoms with Gasteiger partial charge >= 0.3 is 5.97 Å². The number of thiazole rings is 1. The summed E-state index contributed by atoms with van der Waals surface area (Å²) in [4.78, 5) is 22.6. The van der Waals surface area contributed by atoms with Crippen LogP contribution in [0.3, 0.4) is 0 Å². The number of hydrogen-bond acceptors (Lipinski definition) is 6. The Kier molecular flexibility index (Phi) is 5.25. The molecular weight excluding hydrogens is 396 g/mol. The Labute approximate surface area is 181 Å². The highest BCUT2D eigenvalue weighted by Gasteiger charge is 2.51. The molecule has 2 heterocycles. The van der Waals surface area contributed by atoms with E-state index in [0.717, 1.165) is 23.8 Å². The third kappa shape index (κ3) is 3.72. The molecule has 0 amide bonds. The maximum atomic E-state index is 12.9. The molecule has 0 unspecified atom stereocenters. The number of carbonyl (C=O) groups excluding carboxylic acids is 1. The first-order valence-corrected chi connectivity index (χ1v) is 12.1. The molecule has 0 aliphatic heterocycles. The minimum atomic E-state index is 0.0652. The molecule has 0 atom stereocenters. The number of aryl methyl sites for hydroxylation is 1. The maximum absolute atomic E-state index is 12.9. The lowest BCUT2D eigenvalue weighted by atomic mass is 9.52. The molecule has 4 bridgehead atoms. The molecule has 0 spiro atoms. The standard InChI is InChI=1S/C23H31N4O2S/c1-13-20(30-12-27(13)11-19-10-25-14(2)26-22(19)24)3-4-29-23(28)21-17-6-15-5-16(8-17)9-18(21)7-15/h10,12,15-18,21H,3-9,11H2,1-2H3,(H2,24,25,26)/q+1. The third-order valence-electron chi connectivity index (χ3n) is 7.59. The van der Waals surface area contributed by atoms with Crippen LogP contribution in [0.1, 0.15) is 54.1 Å². The topological polar surface area (TPSA) is 82.0 Å². The van der Waals surface area contributed by atoms with Gasteiger partial charge in [0.2, 0.25) is 5.51 Å². The van der Waals surface area contributed by atoms with Crippen LogP contribution >= 0.6 is 11.3 Å². The second kappa shape index (κ2) is 7.91. The van der Waals surface area contributed by atoms with Crippen LogP contribution in [0.15, 0.2) is 11.7 Å². The normalized spacial score (nSPS) is 29.3. The molecule has 30 heavy (non-hydrogen) atoms. The van der Waals surface area contributed by atoms with Crippen LogP contribution in [0, 0.1) is 43.4 Å². The number of ether oxygens (including phenoxy) is 1. The van der Waals surface area contributed by atoms with Gasteiger partial charge in [0, 0.05) is 19.5 Å². The van der Waals surface area contributed by atoms with Gasteiger partial charge in [0.05, 0.1) is 23.0 Å². The fourth-order valence-electron chi connectivity index (χ4n) is 6.32. The van der Waals surface area contributed by atoms with Crippen molar-refractivity contribution in [1.82, 2.24) is 9.97 Å². The summed E-state index contributed by atoms with van der Waals surface area (Å²) in [5.41, 5.74) is 10.3. The number of rotatable bonds is 6. The molecule has 4 saturated carbocycles. The van der Waals surface area contributed by atoms with Gasteiger partial charge in [-0.05, 0) is 62.7 Å². The first kappa shape index (κ1) is 19.9. The minimum absolute atomic E-state index is 0.0652. The molecule has 0 aromatic carbocycles. The zero-order valence-electron chi connectivity index (χ0n) is 17.8. The first-order chi connectivity index (χ1) is 14.5. The van der Waals surface area contributed by atoms with Crippen molar-refractivity contribution in [2.24, 2.45) is 29.6 Å². The Hall–Kier alpha value is -2.02. The molecular formula is C23H31N4O2S+. The largest absolute Gasteiger partial charge is 0.465 e. The lowest BCUT2D eigenvalue weighted by molar-refractivity contribution is -0.689. The molecule has 4 aliphatic rings. The van der Waals surface area contributed by atoms with E-state index in [2.05, 4.69) is 27.0 Å². The lowest BCUT2D eigenvalue weighted by Gasteiger charge is -2.53. The molecule has 2 aromatic rings. The van der Waals surface area contributed by atoms with E-state index in [1.54, 1.807) is 17.5 Å². The number of carbonyl (C=O) groups is 1. The molecule has 4 fully saturated rings. The average molecular weight is 428 g/mol. The van der Waals surface area contributed by atoms with Gasteiger partial charge in [-0.1, -0.05) is 11.3 Å². The van der Waals surface area contributed by atoms with Gasteiger partial charge in [0.25, 0.3) is 0 Å². The third-order valence-corrected chi connectivity index (χ3v) is 8.73. The monoisotopic (exact) mass is 427 g/mol. The van der Waals surface area contributed by atoms with Crippen molar-refractivity contribution in [3.05, 3.63) is 33.7 Å². The van der Waals surface area contributed by atoms with Crippen LogP contribution in [0.5, 0.6) is 0 Å². The van der Waals surface area contributed by atoms with Gasteiger partial charge in [0.15, 0.2) is 12.2 Å². The number of hydrogen-bond donors (Lipinski definition) is 1. The van der Waals surface area contributed by atoms with Gasteiger partial charge in [-0.3, -0.25) is 4.79 Å². The summed E-state index contributed by atoms with van der Waals surface area (Å²) in [6, 6.07) is 0. The van der Waals surface area contributed by atoms with E-state index in [-0.39, 0.29) is 11.9 Å². The second-order valence-corrected chi connectivity index (χ2v) is 10.5. The molecule has 0 saturated heterocycles. The minimum Gasteiger partial charge on any atom is -0.465 e. The van der Waals surface area contributed by atoms with Gasteiger partial charge in [-0.15, -0.1) is 0 Å². The van der Waals surface area contributed by atoms with E-state index in [0.29, 0.717) is 36.6 Å². The number of anilines is 1. The van der Waals surface area contributed by atoms with Crippen molar-refractivity contribution < 1.29 is 14.1 Å². The lowest BCUT2D eigenvalue weighted by Crippen LogP contribution is -2.48. The van der Waals surface area contributed by atoms with E-state index >= 15 is 0 Å². The van der Waals surface area contributed by atoms with Crippen molar-refractivity contribution in [1.29, 1.82) is 0 Å². The molecule has 4 aliphatic carbocycles. The summed E-state index contributed by atoms with van der Waals surface area (Å²) in [5, 5.41) is 0. The quantitative estimate of drug-likeness (QED) is 0.565. The molecule has 6 nitrogen and oxygen atoms in total. The smallest absolute Gasteiger partial charge is 0.309 e. The van der Waals surface area contributed by atoms with E-state index < -0.39 is 0 Å². The van der Waals surface area contributed by atoms with Crippen LogP contribution < -0.4 is 10.3 Å². The summed E-state index contributed by atoms with van der Waals surface area (Å²) in [6.45, 7) is 5.07. The van der Waals surface area contributed by atoms with Crippen LogP contribution in [-0.4, -0.2) is 22.5 Å². The number of nitrogens with zero attached hydrogens (tertiary/aromatic N) is 3. The fraction of sp³-hybridized carbons (Fsp3) is 0.652. The Morgan fingerprint density at radius 2 is 1.90 bits per heavy atom. The Balaban J connectivity index is 1.17. The highest BCUT2D eigenvalue weighted by atomic mass is 32.1. The Morgan fingerprint density at radius 1 is 1.20 bits per heavy atom. The molecule has 7 heteroatoms. The van der Waals surface area contributed by atoms with Gasteiger partial charge in [-0.25, -0.2) is 9.97 Å². The first-order valence-electron chi connectivity index (χ1n) is 11.2. The van der Waals surface area contributed by atoms with Crippen LogP contribution in [0.25, 0.3) is 0 Å². The fourth-order valence-corrected chi connectivity index (χ4v) is 7.29. The van der Waals surface area contributed by atoms with Crippen molar-refractivity contribution in [3.8, 4) is 0 Å². The SMILES string of the molecule is Cc1ncc(C[n+]2csc(CCOC(=O)C3C4CC5CC(C4)CC3C5)c2C)c(N)n1. The van der Waals surface area contributed by atoms with Crippen molar-refractivity contribution in [3.63, 3.8) is 0 Å². The molecule has 160 valence electrons. The second-order valence-electron chi connectivity index (χ2n) is 9.56. The van der Waals surface area contributed by atoms with E-state index in [1.165, 1.54) is 42.7 Å². The van der Waals surface area contributed by atoms with Gasteiger partial charge in [0.1, 0.15) is 11.6 Å². The molecule has 2 aromatic heterocycles. The van der Waals surface area contributed by atoms with Crippen molar-refractivity contribution in [2.45, 2.75) is 58.9 Å². The average Bonchev–Trinajstić information content (AvgIpc) is 3.03. The van der Waals surface area contributed by atoms with Crippen molar-refractivity contribution >= 4 is 23.1 Å². The summed E-state index contributed by atoms with van der Waals surface area (Å²) in [5.74, 6) is 4.38. The van der Waals surface area contributed by atoms with Gasteiger partial charge < -0.3 is 10.5 Å². The zero-order chi connectivity index (χ0) is 20.8. The zero-order valence-corrected chi connectivity index (χ0v) is 18.7. The maximum Gasteiger partial charge on any atom is 0.309 e. The van der Waals surface area contributed by atoms with E-state index in [4.69, 9.17) is 10.5 Å². The highest BCUT2D eigenvalue weighted by molar-refractivity contribution is 7.09. The molecule has 6 rings (SSSR count). The summed E-state index contributed by atoms with van der Waals surface area (Å²) in [7, 11) is 0. The number of nitrogen functional groups attached to an aromatic ring is 1. The van der Waals surface area contributed by atoms with Gasteiger partial charge in [-0.2, -0.15) is 4.57 Å². The number of aromatic nitrogens is 3. The van der Waals surface area contributed by atoms with Crippen LogP contribution in [0.2, 0.25) is 0 Å². The highest BCUT2D eigenvalue weighted by Crippen LogP contribution is 2.56. The van der Waals surface area contributed by atoms with E-state index in [1.807, 2.05) is 6.92 Å². The van der Waals surface area contributed by atoms with Crippen LogP contribution in [0.4, 0.5) is 5.82 Å². The summed E-state index contributed by atoms with van der Waals surface area (Å²) < 4.78 is 7.98. The van der Waals surface area contributed by atoms with Crippen molar-refractivity contribution in [2.75, 3.05) is 12.3 Å². The predicted molar refractivity (Wildman–Crippen MR) is 115 cm³/mol. The summed E-state index contributed by atoms with van der Waals surface area (Å²) in [6.07, 6.45) is 8.99. The Morgan fingerprint density at radius 3 is 2.57 bits per heavy atom. The summed E-state index contributed by atoms with van der Waals surface area (Å²) >= 11 is 1.70. The predicted octanol–water partition coefficient (Wildman–Crippen LogP) is 3.23. The molecule has 2 N–H and O–H groups in total. The number of nitrogens with two attached hydrogens (primary N) is 1.